The molecule has 1 unspecified atom stereocenters. The molecule has 5 amide bonds. The standard InChI is InChI=1S/C32H45ClN6O6/c1-30(2,3)25(36-29(44)37-31(4,5)6)28(43)39-17-32(15-22(38-45-32)19-11-8-12-20(33)14-19)16-23(39)27(42)35-21(24(40)26(34)41)13-18-9-7-10-18/h8,11-12,14-15,18,21,23,25,38H,7,9-10,13,16-17H2,1-6H3,(H2,34,41)(H,35,42)(H2,36,37,44)/t21?,23-,25+,32+/m0/s1. The van der Waals surface area contributed by atoms with Crippen molar-refractivity contribution in [2.24, 2.45) is 17.1 Å². The van der Waals surface area contributed by atoms with Crippen molar-refractivity contribution in [2.75, 3.05) is 6.54 Å². The van der Waals surface area contributed by atoms with E-state index in [2.05, 4.69) is 21.4 Å². The van der Waals surface area contributed by atoms with Gasteiger partial charge in [0.15, 0.2) is 0 Å². The van der Waals surface area contributed by atoms with Crippen LogP contribution in [0.4, 0.5) is 4.79 Å². The van der Waals surface area contributed by atoms with Crippen LogP contribution in [0.1, 0.15) is 79.2 Å². The van der Waals surface area contributed by atoms with Crippen LogP contribution < -0.4 is 27.2 Å². The summed E-state index contributed by atoms with van der Waals surface area (Å²) in [7, 11) is 0. The molecule has 3 aliphatic rings. The molecule has 12 nitrogen and oxygen atoms in total. The fourth-order valence-electron chi connectivity index (χ4n) is 5.88. The summed E-state index contributed by atoms with van der Waals surface area (Å²) in [6.45, 7) is 10.9. The van der Waals surface area contributed by atoms with E-state index in [0.717, 1.165) is 24.8 Å². The number of halogens is 1. The van der Waals surface area contributed by atoms with Gasteiger partial charge in [0.1, 0.15) is 17.7 Å². The number of nitrogens with zero attached hydrogens (tertiary/aromatic N) is 1. The number of amides is 5. The lowest BCUT2D eigenvalue weighted by Gasteiger charge is -2.36. The number of Topliss-reactive ketones (excluding diaryl/α,β-unsaturated/α-hetero) is 1. The van der Waals surface area contributed by atoms with Gasteiger partial charge in [0, 0.05) is 22.5 Å². The van der Waals surface area contributed by atoms with Crippen LogP contribution in [0.2, 0.25) is 5.02 Å². The molecule has 2 aliphatic heterocycles. The van der Waals surface area contributed by atoms with Crippen molar-refractivity contribution in [3.63, 3.8) is 0 Å². The highest BCUT2D eigenvalue weighted by molar-refractivity contribution is 6.37. The van der Waals surface area contributed by atoms with Gasteiger partial charge in [0.2, 0.25) is 17.6 Å². The topological polar surface area (TPSA) is 172 Å². The Labute approximate surface area is 269 Å². The number of benzene rings is 1. The fraction of sp³-hybridized carbons (Fsp3) is 0.594. The summed E-state index contributed by atoms with van der Waals surface area (Å²) in [4.78, 5) is 73.3. The highest BCUT2D eigenvalue weighted by Gasteiger charge is 2.54. The molecule has 4 rings (SSSR count). The van der Waals surface area contributed by atoms with E-state index in [1.807, 2.05) is 53.7 Å². The third-order valence-corrected chi connectivity index (χ3v) is 8.63. The summed E-state index contributed by atoms with van der Waals surface area (Å²) < 4.78 is 0. The Kier molecular flexibility index (Phi) is 9.89. The molecule has 0 bridgehead atoms. The summed E-state index contributed by atoms with van der Waals surface area (Å²) in [5.41, 5.74) is 7.23. The van der Waals surface area contributed by atoms with Gasteiger partial charge in [0.25, 0.3) is 5.91 Å². The predicted molar refractivity (Wildman–Crippen MR) is 169 cm³/mol. The van der Waals surface area contributed by atoms with Gasteiger partial charge in [-0.2, -0.15) is 0 Å². The molecule has 0 aromatic heterocycles. The van der Waals surface area contributed by atoms with Crippen LogP contribution in [-0.4, -0.2) is 70.2 Å². The molecule has 1 aliphatic carbocycles. The molecule has 1 spiro atoms. The van der Waals surface area contributed by atoms with Crippen molar-refractivity contribution in [3.8, 4) is 0 Å². The van der Waals surface area contributed by atoms with Crippen LogP contribution in [0.3, 0.4) is 0 Å². The maximum Gasteiger partial charge on any atom is 0.315 e. The number of nitrogens with one attached hydrogen (secondary N) is 4. The van der Waals surface area contributed by atoms with E-state index in [1.54, 1.807) is 18.2 Å². The molecule has 2 fully saturated rings. The van der Waals surface area contributed by atoms with E-state index < -0.39 is 64.2 Å². The first-order chi connectivity index (χ1) is 20.9. The first-order valence-electron chi connectivity index (χ1n) is 15.3. The first-order valence-corrected chi connectivity index (χ1v) is 15.7. The van der Waals surface area contributed by atoms with Crippen LogP contribution in [0.5, 0.6) is 0 Å². The van der Waals surface area contributed by atoms with Crippen LogP contribution in [0, 0.1) is 11.3 Å². The summed E-state index contributed by atoms with van der Waals surface area (Å²) in [6, 6.07) is 3.41. The number of urea groups is 1. The second-order valence-corrected chi connectivity index (χ2v) is 14.9. The number of carbonyl (C=O) groups is 5. The minimum Gasteiger partial charge on any atom is -0.363 e. The van der Waals surface area contributed by atoms with Gasteiger partial charge in [-0.1, -0.05) is 63.8 Å². The first kappa shape index (κ1) is 34.2. The number of rotatable bonds is 9. The lowest BCUT2D eigenvalue weighted by atomic mass is 9.80. The molecule has 6 N–H and O–H groups in total. The second kappa shape index (κ2) is 13.0. The van der Waals surface area contributed by atoms with Crippen molar-refractivity contribution in [2.45, 2.75) is 103 Å². The number of ketones is 1. The summed E-state index contributed by atoms with van der Waals surface area (Å²) in [5, 5.41) is 8.89. The van der Waals surface area contributed by atoms with Crippen LogP contribution in [0.15, 0.2) is 30.3 Å². The Bertz CT molecular complexity index is 1380. The monoisotopic (exact) mass is 644 g/mol. The smallest absolute Gasteiger partial charge is 0.315 e. The highest BCUT2D eigenvalue weighted by atomic mass is 35.5. The number of carbonyl (C=O) groups excluding carboxylic acids is 5. The lowest BCUT2D eigenvalue weighted by Crippen LogP contribution is -2.61. The zero-order valence-electron chi connectivity index (χ0n) is 26.8. The predicted octanol–water partition coefficient (Wildman–Crippen LogP) is 2.80. The fourth-order valence-corrected chi connectivity index (χ4v) is 6.07. The molecular formula is C32H45ClN6O6. The Balaban J connectivity index is 1.67. The third-order valence-electron chi connectivity index (χ3n) is 8.39. The molecule has 1 aromatic rings. The molecule has 1 aromatic carbocycles. The van der Waals surface area contributed by atoms with Crippen molar-refractivity contribution in [1.29, 1.82) is 0 Å². The molecule has 1 saturated heterocycles. The van der Waals surface area contributed by atoms with Gasteiger partial charge in [-0.3, -0.25) is 29.5 Å². The van der Waals surface area contributed by atoms with Gasteiger partial charge in [-0.25, -0.2) is 4.79 Å². The molecule has 13 heteroatoms. The molecule has 1 saturated carbocycles. The number of hydroxylamine groups is 1. The Morgan fingerprint density at radius 3 is 2.36 bits per heavy atom. The quantitative estimate of drug-likeness (QED) is 0.257. The van der Waals surface area contributed by atoms with Crippen LogP contribution >= 0.6 is 11.6 Å². The largest absolute Gasteiger partial charge is 0.363 e. The van der Waals surface area contributed by atoms with Crippen molar-refractivity contribution >= 4 is 46.8 Å². The Morgan fingerprint density at radius 1 is 1.11 bits per heavy atom. The third kappa shape index (κ3) is 8.35. The number of hydrogen-bond acceptors (Lipinski definition) is 7. The minimum absolute atomic E-state index is 0.0206. The average molecular weight is 645 g/mol. The van der Waals surface area contributed by atoms with Gasteiger partial charge in [0.05, 0.1) is 18.3 Å². The number of nitrogens with two attached hydrogens (primary N) is 1. The van der Waals surface area contributed by atoms with E-state index in [9.17, 15) is 24.0 Å². The van der Waals surface area contributed by atoms with E-state index in [1.165, 1.54) is 4.90 Å². The number of primary amides is 1. The normalized spacial score (nSPS) is 23.0. The van der Waals surface area contributed by atoms with E-state index in [-0.39, 0.29) is 25.3 Å². The maximum absolute atomic E-state index is 14.4. The maximum atomic E-state index is 14.4. The van der Waals surface area contributed by atoms with Crippen LogP contribution in [0.25, 0.3) is 5.70 Å². The van der Waals surface area contributed by atoms with Gasteiger partial charge < -0.3 is 26.6 Å². The molecular weight excluding hydrogens is 600 g/mol. The molecule has 45 heavy (non-hydrogen) atoms. The van der Waals surface area contributed by atoms with Crippen LogP contribution in [-0.2, 0) is 24.0 Å². The lowest BCUT2D eigenvalue weighted by molar-refractivity contribution is -0.143. The summed E-state index contributed by atoms with van der Waals surface area (Å²) in [6.07, 6.45) is 4.95. The Hall–Kier alpha value is -3.64. The number of likely N-dealkylation sites (tertiary alicyclic amines) is 1. The van der Waals surface area contributed by atoms with E-state index >= 15 is 0 Å². The summed E-state index contributed by atoms with van der Waals surface area (Å²) in [5.74, 6) is -2.93. The van der Waals surface area contributed by atoms with Crippen molar-refractivity contribution in [1.82, 2.24) is 26.3 Å². The Morgan fingerprint density at radius 2 is 1.80 bits per heavy atom. The summed E-state index contributed by atoms with van der Waals surface area (Å²) >= 11 is 6.21. The van der Waals surface area contributed by atoms with Gasteiger partial charge >= 0.3 is 6.03 Å². The number of hydrogen-bond donors (Lipinski definition) is 5. The van der Waals surface area contributed by atoms with Crippen molar-refractivity contribution in [3.05, 3.63) is 40.9 Å². The van der Waals surface area contributed by atoms with Crippen molar-refractivity contribution < 1.29 is 28.8 Å². The average Bonchev–Trinajstić information content (AvgIpc) is 3.50. The van der Waals surface area contributed by atoms with Gasteiger partial charge in [-0.15, -0.1) is 0 Å². The zero-order chi connectivity index (χ0) is 33.3. The molecule has 2 heterocycles. The highest BCUT2D eigenvalue weighted by Crippen LogP contribution is 2.39. The van der Waals surface area contributed by atoms with Gasteiger partial charge in [-0.05, 0) is 56.7 Å². The second-order valence-electron chi connectivity index (χ2n) is 14.5. The minimum atomic E-state index is -1.13. The molecule has 246 valence electrons. The molecule has 0 radical (unpaired) electrons. The zero-order valence-corrected chi connectivity index (χ0v) is 27.5. The SMILES string of the molecule is CC(C)(C)NC(=O)N[C@H](C(=O)N1C[C@@]2(C=C(c3cccc(Cl)c3)NO2)C[C@H]1C(=O)NC(CC1CCC1)C(=O)C(N)=O)C(C)(C)C. The van der Waals surface area contributed by atoms with E-state index in [4.69, 9.17) is 22.2 Å². The van der Waals surface area contributed by atoms with E-state index in [0.29, 0.717) is 10.7 Å². The molecule has 4 atom stereocenters.